The maximum atomic E-state index is 11.5. The SMILES string of the molecule is C[C@H](CN1CCCCC1)Nc1ccc([N+](=O)[O-])cc1C(N)=O. The Morgan fingerprint density at radius 1 is 1.41 bits per heavy atom. The molecule has 1 saturated heterocycles. The molecule has 3 N–H and O–H groups in total. The van der Waals surface area contributed by atoms with Gasteiger partial charge in [-0.2, -0.15) is 0 Å². The van der Waals surface area contributed by atoms with Crippen LogP contribution in [0.5, 0.6) is 0 Å². The molecule has 1 heterocycles. The van der Waals surface area contributed by atoms with Gasteiger partial charge in [0.25, 0.3) is 11.6 Å². The van der Waals surface area contributed by atoms with Crippen LogP contribution in [0.2, 0.25) is 0 Å². The minimum atomic E-state index is -0.670. The predicted octanol–water partition coefficient (Wildman–Crippen LogP) is 1.98. The van der Waals surface area contributed by atoms with Crippen LogP contribution in [-0.2, 0) is 0 Å². The van der Waals surface area contributed by atoms with Crippen molar-refractivity contribution in [1.29, 1.82) is 0 Å². The lowest BCUT2D eigenvalue weighted by Crippen LogP contribution is -2.38. The van der Waals surface area contributed by atoms with Gasteiger partial charge in [0.2, 0.25) is 0 Å². The van der Waals surface area contributed by atoms with Crippen molar-refractivity contribution >= 4 is 17.3 Å². The van der Waals surface area contributed by atoms with Crippen molar-refractivity contribution < 1.29 is 9.72 Å². The summed E-state index contributed by atoms with van der Waals surface area (Å²) in [7, 11) is 0. The Morgan fingerprint density at radius 3 is 2.68 bits per heavy atom. The molecule has 1 aliphatic heterocycles. The highest BCUT2D eigenvalue weighted by Crippen LogP contribution is 2.22. The zero-order chi connectivity index (χ0) is 16.1. The van der Waals surface area contributed by atoms with Crippen LogP contribution in [0.25, 0.3) is 0 Å². The lowest BCUT2D eigenvalue weighted by Gasteiger charge is -2.30. The van der Waals surface area contributed by atoms with Crippen LogP contribution in [0.3, 0.4) is 0 Å². The Labute approximate surface area is 129 Å². The molecule has 0 saturated carbocycles. The summed E-state index contributed by atoms with van der Waals surface area (Å²) in [4.78, 5) is 24.2. The fourth-order valence-corrected chi connectivity index (χ4v) is 2.82. The summed E-state index contributed by atoms with van der Waals surface area (Å²) in [6.45, 7) is 5.08. The Kier molecular flexibility index (Phi) is 5.32. The molecule has 120 valence electrons. The largest absolute Gasteiger partial charge is 0.381 e. The quantitative estimate of drug-likeness (QED) is 0.618. The average molecular weight is 306 g/mol. The molecule has 7 heteroatoms. The number of hydrogen-bond donors (Lipinski definition) is 2. The number of nitrogens with zero attached hydrogens (tertiary/aromatic N) is 2. The molecule has 2 rings (SSSR count). The molecule has 7 nitrogen and oxygen atoms in total. The Balaban J connectivity index is 2.07. The van der Waals surface area contributed by atoms with E-state index in [-0.39, 0.29) is 17.3 Å². The number of nitro benzene ring substituents is 1. The predicted molar refractivity (Wildman–Crippen MR) is 85.0 cm³/mol. The van der Waals surface area contributed by atoms with E-state index in [1.807, 2.05) is 6.92 Å². The van der Waals surface area contributed by atoms with Crippen LogP contribution < -0.4 is 11.1 Å². The average Bonchev–Trinajstić information content (AvgIpc) is 2.48. The normalized spacial score (nSPS) is 17.0. The number of carbonyl (C=O) groups excluding carboxylic acids is 1. The monoisotopic (exact) mass is 306 g/mol. The van der Waals surface area contributed by atoms with Crippen molar-refractivity contribution in [1.82, 2.24) is 4.90 Å². The third kappa shape index (κ3) is 4.17. The van der Waals surface area contributed by atoms with Gasteiger partial charge in [-0.25, -0.2) is 0 Å². The highest BCUT2D eigenvalue weighted by atomic mass is 16.6. The van der Waals surface area contributed by atoms with Crippen molar-refractivity contribution in [3.05, 3.63) is 33.9 Å². The first kappa shape index (κ1) is 16.2. The summed E-state index contributed by atoms with van der Waals surface area (Å²) < 4.78 is 0. The van der Waals surface area contributed by atoms with E-state index in [1.165, 1.54) is 31.4 Å². The van der Waals surface area contributed by atoms with Gasteiger partial charge in [-0.15, -0.1) is 0 Å². The van der Waals surface area contributed by atoms with E-state index in [1.54, 1.807) is 6.07 Å². The summed E-state index contributed by atoms with van der Waals surface area (Å²) in [6, 6.07) is 4.27. The fraction of sp³-hybridized carbons (Fsp3) is 0.533. The first-order valence-corrected chi connectivity index (χ1v) is 7.54. The molecule has 0 spiro atoms. The topological polar surface area (TPSA) is 102 Å². The number of primary amides is 1. The number of amides is 1. The molecule has 22 heavy (non-hydrogen) atoms. The highest BCUT2D eigenvalue weighted by molar-refractivity contribution is 5.99. The maximum Gasteiger partial charge on any atom is 0.270 e. The van der Waals surface area contributed by atoms with Crippen LogP contribution in [-0.4, -0.2) is 41.4 Å². The van der Waals surface area contributed by atoms with Crippen LogP contribution in [0.4, 0.5) is 11.4 Å². The van der Waals surface area contributed by atoms with E-state index in [2.05, 4.69) is 10.2 Å². The summed E-state index contributed by atoms with van der Waals surface area (Å²) in [5.41, 5.74) is 5.89. The number of piperidine rings is 1. The van der Waals surface area contributed by atoms with Crippen molar-refractivity contribution in [3.63, 3.8) is 0 Å². The number of benzene rings is 1. The van der Waals surface area contributed by atoms with Crippen LogP contribution in [0.1, 0.15) is 36.5 Å². The zero-order valence-electron chi connectivity index (χ0n) is 12.7. The number of non-ortho nitro benzene ring substituents is 1. The second-order valence-electron chi connectivity index (χ2n) is 5.76. The van der Waals surface area contributed by atoms with Gasteiger partial charge in [0.15, 0.2) is 0 Å². The first-order chi connectivity index (χ1) is 10.5. The number of carbonyl (C=O) groups is 1. The minimum absolute atomic E-state index is 0.123. The smallest absolute Gasteiger partial charge is 0.270 e. The van der Waals surface area contributed by atoms with E-state index in [0.717, 1.165) is 19.6 Å². The van der Waals surface area contributed by atoms with Crippen molar-refractivity contribution in [2.75, 3.05) is 25.0 Å². The summed E-state index contributed by atoms with van der Waals surface area (Å²) in [5.74, 6) is -0.670. The molecule has 0 aliphatic carbocycles. The van der Waals surface area contributed by atoms with Gasteiger partial charge in [0, 0.05) is 30.4 Å². The summed E-state index contributed by atoms with van der Waals surface area (Å²) in [5, 5.41) is 14.0. The van der Waals surface area contributed by atoms with Gasteiger partial charge in [0.1, 0.15) is 0 Å². The highest BCUT2D eigenvalue weighted by Gasteiger charge is 2.18. The summed E-state index contributed by atoms with van der Waals surface area (Å²) >= 11 is 0. The maximum absolute atomic E-state index is 11.5. The van der Waals surface area contributed by atoms with Crippen molar-refractivity contribution in [2.24, 2.45) is 5.73 Å². The number of nitrogens with one attached hydrogen (secondary N) is 1. The minimum Gasteiger partial charge on any atom is -0.381 e. The Hall–Kier alpha value is -2.15. The van der Waals surface area contributed by atoms with Gasteiger partial charge in [-0.3, -0.25) is 14.9 Å². The number of anilines is 1. The third-order valence-electron chi connectivity index (χ3n) is 3.86. The number of likely N-dealkylation sites (tertiary alicyclic amines) is 1. The fourth-order valence-electron chi connectivity index (χ4n) is 2.82. The molecule has 1 atom stereocenters. The zero-order valence-corrected chi connectivity index (χ0v) is 12.7. The van der Waals surface area contributed by atoms with Crippen LogP contribution in [0, 0.1) is 10.1 Å². The standard InChI is InChI=1S/C15H22N4O3/c1-11(10-18-7-3-2-4-8-18)17-14-6-5-12(19(21)22)9-13(14)15(16)20/h5-6,9,11,17H,2-4,7-8,10H2,1H3,(H2,16,20)/t11-/m1/s1. The van der Waals surface area contributed by atoms with Crippen molar-refractivity contribution in [2.45, 2.75) is 32.2 Å². The van der Waals surface area contributed by atoms with Gasteiger partial charge < -0.3 is 16.0 Å². The number of hydrogen-bond acceptors (Lipinski definition) is 5. The van der Waals surface area contributed by atoms with Crippen molar-refractivity contribution in [3.8, 4) is 0 Å². The molecular formula is C15H22N4O3. The molecule has 1 aromatic rings. The molecule has 1 aromatic carbocycles. The number of nitro groups is 1. The molecule has 0 bridgehead atoms. The van der Waals surface area contributed by atoms with E-state index in [0.29, 0.717) is 5.69 Å². The molecule has 1 aliphatic rings. The van der Waals surface area contributed by atoms with Gasteiger partial charge in [-0.1, -0.05) is 6.42 Å². The lowest BCUT2D eigenvalue weighted by molar-refractivity contribution is -0.384. The second kappa shape index (κ2) is 7.22. The molecular weight excluding hydrogens is 284 g/mol. The van der Waals surface area contributed by atoms with E-state index < -0.39 is 10.8 Å². The first-order valence-electron chi connectivity index (χ1n) is 7.54. The molecule has 0 radical (unpaired) electrons. The lowest BCUT2D eigenvalue weighted by atomic mass is 10.1. The molecule has 0 aromatic heterocycles. The number of rotatable bonds is 6. The van der Waals surface area contributed by atoms with Gasteiger partial charge in [0.05, 0.1) is 10.5 Å². The molecule has 1 fully saturated rings. The van der Waals surface area contributed by atoms with E-state index in [4.69, 9.17) is 5.73 Å². The van der Waals surface area contributed by atoms with Gasteiger partial charge in [-0.05, 0) is 38.9 Å². The molecule has 1 amide bonds. The van der Waals surface area contributed by atoms with E-state index >= 15 is 0 Å². The second-order valence-corrected chi connectivity index (χ2v) is 5.76. The van der Waals surface area contributed by atoms with Gasteiger partial charge >= 0.3 is 0 Å². The van der Waals surface area contributed by atoms with Crippen LogP contribution in [0.15, 0.2) is 18.2 Å². The van der Waals surface area contributed by atoms with Crippen LogP contribution >= 0.6 is 0 Å². The Bertz CT molecular complexity index is 556. The number of nitrogens with two attached hydrogens (primary N) is 1. The van der Waals surface area contributed by atoms with E-state index in [9.17, 15) is 14.9 Å². The third-order valence-corrected chi connectivity index (χ3v) is 3.86. The Morgan fingerprint density at radius 2 is 2.09 bits per heavy atom. The molecule has 0 unspecified atom stereocenters. The summed E-state index contributed by atoms with van der Waals surface area (Å²) in [6.07, 6.45) is 3.72.